The summed E-state index contributed by atoms with van der Waals surface area (Å²) in [5.74, 6) is 0.545. The van der Waals surface area contributed by atoms with Crippen molar-refractivity contribution in [2.75, 3.05) is 6.61 Å². The summed E-state index contributed by atoms with van der Waals surface area (Å²) >= 11 is 0. The van der Waals surface area contributed by atoms with Gasteiger partial charge in [-0.15, -0.1) is 0 Å². The number of aryl methyl sites for hydroxylation is 1. The molecule has 1 heterocycles. The lowest BCUT2D eigenvalue weighted by Gasteiger charge is -2.08. The maximum Gasteiger partial charge on any atom is 0.355 e. The number of nitrogens with one attached hydrogen (secondary N) is 2. The zero-order chi connectivity index (χ0) is 20.8. The van der Waals surface area contributed by atoms with Gasteiger partial charge in [-0.3, -0.25) is 5.41 Å². The molecule has 3 aromatic rings. The Morgan fingerprint density at radius 3 is 2.62 bits per heavy atom. The van der Waals surface area contributed by atoms with Crippen LogP contribution in [0.1, 0.15) is 17.0 Å². The van der Waals surface area contributed by atoms with Gasteiger partial charge in [0.05, 0.1) is 18.0 Å². The van der Waals surface area contributed by atoms with Gasteiger partial charge < -0.3 is 19.7 Å². The highest BCUT2D eigenvalue weighted by Crippen LogP contribution is 2.22. The van der Waals surface area contributed by atoms with Gasteiger partial charge in [0.25, 0.3) is 0 Å². The van der Waals surface area contributed by atoms with Crippen molar-refractivity contribution in [1.29, 1.82) is 10.8 Å². The molecular weight excluding hydrogens is 370 g/mol. The fourth-order valence-corrected chi connectivity index (χ4v) is 2.80. The maximum absolute atomic E-state index is 10.8. The number of aromatic nitrogens is 1. The fourth-order valence-electron chi connectivity index (χ4n) is 2.80. The van der Waals surface area contributed by atoms with Crippen LogP contribution in [0.2, 0.25) is 0 Å². The van der Waals surface area contributed by atoms with E-state index >= 15 is 0 Å². The van der Waals surface area contributed by atoms with E-state index in [1.165, 1.54) is 0 Å². The van der Waals surface area contributed by atoms with Crippen molar-refractivity contribution < 1.29 is 19.1 Å². The second kappa shape index (κ2) is 8.97. The van der Waals surface area contributed by atoms with Gasteiger partial charge >= 0.3 is 5.97 Å². The van der Waals surface area contributed by atoms with E-state index < -0.39 is 11.7 Å². The molecule has 0 amide bonds. The van der Waals surface area contributed by atoms with E-state index in [-0.39, 0.29) is 12.1 Å². The average Bonchev–Trinajstić information content (AvgIpc) is 3.09. The zero-order valence-corrected chi connectivity index (χ0v) is 15.9. The highest BCUT2D eigenvalue weighted by Gasteiger charge is 2.14. The monoisotopic (exact) mass is 391 g/mol. The van der Waals surface area contributed by atoms with Crippen LogP contribution in [0.3, 0.4) is 0 Å². The summed E-state index contributed by atoms with van der Waals surface area (Å²) in [6.07, 6.45) is 0.636. The van der Waals surface area contributed by atoms with Crippen LogP contribution >= 0.6 is 0 Å². The van der Waals surface area contributed by atoms with Crippen LogP contribution < -0.4 is 4.74 Å². The van der Waals surface area contributed by atoms with E-state index in [1.54, 1.807) is 24.3 Å². The Kier molecular flexibility index (Phi) is 6.19. The largest absolute Gasteiger partial charge is 0.493 e. The molecule has 0 radical (unpaired) electrons. The Balaban J connectivity index is 1.59. The van der Waals surface area contributed by atoms with Crippen LogP contribution in [-0.4, -0.2) is 34.1 Å². The average molecular weight is 391 g/mol. The minimum atomic E-state index is -1.40. The molecule has 0 fully saturated rings. The van der Waals surface area contributed by atoms with Crippen molar-refractivity contribution in [1.82, 2.24) is 4.98 Å². The topological polar surface area (TPSA) is 120 Å². The summed E-state index contributed by atoms with van der Waals surface area (Å²) in [6.45, 7) is 2.27. The lowest BCUT2D eigenvalue weighted by molar-refractivity contribution is -0.129. The summed E-state index contributed by atoms with van der Waals surface area (Å²) in [4.78, 5) is 15.3. The Hall–Kier alpha value is -3.74. The summed E-state index contributed by atoms with van der Waals surface area (Å²) < 4.78 is 11.5. The van der Waals surface area contributed by atoms with E-state index in [1.807, 2.05) is 37.3 Å². The van der Waals surface area contributed by atoms with E-state index in [0.29, 0.717) is 30.2 Å². The van der Waals surface area contributed by atoms with Gasteiger partial charge in [-0.1, -0.05) is 30.3 Å². The number of carboxylic acid groups (broad SMARTS) is 1. The highest BCUT2D eigenvalue weighted by atomic mass is 16.5. The number of nitrogens with zero attached hydrogens (tertiary/aromatic N) is 1. The third kappa shape index (κ3) is 5.16. The minimum Gasteiger partial charge on any atom is -0.493 e. The van der Waals surface area contributed by atoms with Crippen molar-refractivity contribution in [3.8, 4) is 17.2 Å². The molecule has 3 rings (SSSR count). The van der Waals surface area contributed by atoms with Crippen molar-refractivity contribution in [3.63, 3.8) is 0 Å². The molecule has 0 aliphatic carbocycles. The van der Waals surface area contributed by atoms with Gasteiger partial charge in [-0.25, -0.2) is 9.78 Å². The molecule has 148 valence electrons. The fraction of sp³-hybridized carbons (Fsp3) is 0.182. The number of ether oxygens (including phenoxy) is 1. The third-order valence-electron chi connectivity index (χ3n) is 4.32. The number of hydrogen-bond donors (Lipinski definition) is 3. The number of rotatable bonds is 9. The minimum absolute atomic E-state index is 0.0607. The molecule has 0 bridgehead atoms. The zero-order valence-electron chi connectivity index (χ0n) is 15.9. The molecule has 7 nitrogen and oxygen atoms in total. The van der Waals surface area contributed by atoms with E-state index in [0.717, 1.165) is 17.0 Å². The van der Waals surface area contributed by atoms with E-state index in [9.17, 15) is 4.79 Å². The molecule has 0 saturated heterocycles. The molecular formula is C22H21N3O4. The lowest BCUT2D eigenvalue weighted by atomic mass is 10.1. The Bertz CT molecular complexity index is 1040. The van der Waals surface area contributed by atoms with Crippen LogP contribution in [0.15, 0.2) is 59.0 Å². The predicted molar refractivity (Wildman–Crippen MR) is 109 cm³/mol. The number of oxazole rings is 1. The molecule has 7 heteroatoms. The standard InChI is InChI=1S/C22H21N3O4/c1-14-19(25-21(29-14)16-7-3-2-4-8-16)10-11-28-17-9-5-6-15(12-17)13-18(23)20(24)22(26)27/h2-9,12,23-24H,10-11,13H2,1H3,(H,26,27). The van der Waals surface area contributed by atoms with Crippen LogP contribution in [0.4, 0.5) is 0 Å². The Morgan fingerprint density at radius 1 is 1.14 bits per heavy atom. The summed E-state index contributed by atoms with van der Waals surface area (Å²) in [5, 5.41) is 23.9. The molecule has 0 spiro atoms. The molecule has 2 aromatic carbocycles. The first-order valence-corrected chi connectivity index (χ1v) is 9.07. The predicted octanol–water partition coefficient (Wildman–Crippen LogP) is 3.94. The quantitative estimate of drug-likeness (QED) is 0.477. The number of aliphatic carboxylic acids is 1. The smallest absolute Gasteiger partial charge is 0.355 e. The summed E-state index contributed by atoms with van der Waals surface area (Å²) in [7, 11) is 0. The third-order valence-corrected chi connectivity index (χ3v) is 4.32. The van der Waals surface area contributed by atoms with Gasteiger partial charge in [0.1, 0.15) is 11.5 Å². The van der Waals surface area contributed by atoms with E-state index in [4.69, 9.17) is 25.1 Å². The van der Waals surface area contributed by atoms with Crippen LogP contribution in [-0.2, 0) is 17.6 Å². The lowest BCUT2D eigenvalue weighted by Crippen LogP contribution is -2.23. The molecule has 0 saturated carbocycles. The number of benzene rings is 2. The van der Waals surface area contributed by atoms with Gasteiger partial charge in [0.15, 0.2) is 5.71 Å². The first-order valence-electron chi connectivity index (χ1n) is 9.07. The first kappa shape index (κ1) is 20.0. The van der Waals surface area contributed by atoms with Gasteiger partial charge in [0, 0.05) is 18.4 Å². The van der Waals surface area contributed by atoms with E-state index in [2.05, 4.69) is 4.98 Å². The van der Waals surface area contributed by atoms with Crippen LogP contribution in [0, 0.1) is 17.7 Å². The van der Waals surface area contributed by atoms with Crippen molar-refractivity contribution in [2.24, 2.45) is 0 Å². The second-order valence-corrected chi connectivity index (χ2v) is 6.47. The summed E-state index contributed by atoms with van der Waals surface area (Å²) in [5.41, 5.74) is 1.51. The highest BCUT2D eigenvalue weighted by molar-refractivity contribution is 6.63. The number of carboxylic acids is 1. The molecule has 0 aliphatic rings. The maximum atomic E-state index is 10.8. The Labute approximate surface area is 168 Å². The normalized spacial score (nSPS) is 10.5. The molecule has 0 atom stereocenters. The number of hydrogen-bond acceptors (Lipinski definition) is 6. The van der Waals surface area contributed by atoms with Crippen molar-refractivity contribution in [3.05, 3.63) is 71.6 Å². The SMILES string of the molecule is Cc1oc(-c2ccccc2)nc1CCOc1cccc(CC(=N)C(=N)C(=O)O)c1. The molecule has 0 unspecified atom stereocenters. The first-order chi connectivity index (χ1) is 13.9. The molecule has 1 aromatic heterocycles. The van der Waals surface area contributed by atoms with Gasteiger partial charge in [-0.2, -0.15) is 0 Å². The van der Waals surface area contributed by atoms with Crippen LogP contribution in [0.5, 0.6) is 5.75 Å². The molecule has 29 heavy (non-hydrogen) atoms. The molecule has 3 N–H and O–H groups in total. The summed E-state index contributed by atoms with van der Waals surface area (Å²) in [6, 6.07) is 16.8. The van der Waals surface area contributed by atoms with Crippen molar-refractivity contribution in [2.45, 2.75) is 19.8 Å². The molecule has 0 aliphatic heterocycles. The van der Waals surface area contributed by atoms with Crippen LogP contribution in [0.25, 0.3) is 11.5 Å². The second-order valence-electron chi connectivity index (χ2n) is 6.47. The van der Waals surface area contributed by atoms with Crippen molar-refractivity contribution >= 4 is 17.4 Å². The number of carbonyl (C=O) groups is 1. The van der Waals surface area contributed by atoms with Gasteiger partial charge in [0.2, 0.25) is 5.89 Å². The van der Waals surface area contributed by atoms with Gasteiger partial charge in [-0.05, 0) is 36.8 Å². The Morgan fingerprint density at radius 2 is 1.90 bits per heavy atom.